The van der Waals surface area contributed by atoms with Gasteiger partial charge in [-0.2, -0.15) is 0 Å². The molecule has 1 aliphatic heterocycles. The Balaban J connectivity index is 2.13. The summed E-state index contributed by atoms with van der Waals surface area (Å²) in [5, 5.41) is 3.11. The number of hydrogen-bond acceptors (Lipinski definition) is 3. The zero-order valence-corrected chi connectivity index (χ0v) is 10.2. The summed E-state index contributed by atoms with van der Waals surface area (Å²) in [6.07, 6.45) is 0.393. The maximum Gasteiger partial charge on any atom is 0.159 e. The lowest BCUT2D eigenvalue weighted by atomic mass is 10.0. The summed E-state index contributed by atoms with van der Waals surface area (Å²) < 4.78 is 24.5. The van der Waals surface area contributed by atoms with Crippen molar-refractivity contribution in [2.24, 2.45) is 0 Å². The van der Waals surface area contributed by atoms with E-state index in [9.17, 15) is 4.39 Å². The number of rotatable bonds is 4. The predicted molar refractivity (Wildman–Crippen MR) is 63.2 cm³/mol. The molecular formula is C13H18FNO2. The minimum atomic E-state index is -0.229. The lowest BCUT2D eigenvalue weighted by Gasteiger charge is -2.20. The second-order valence-corrected chi connectivity index (χ2v) is 4.27. The molecular weight excluding hydrogens is 221 g/mol. The Kier molecular flexibility index (Phi) is 4.10. The largest absolute Gasteiger partial charge is 0.350 e. The first-order valence-corrected chi connectivity index (χ1v) is 5.87. The molecule has 1 aromatic carbocycles. The third-order valence-electron chi connectivity index (χ3n) is 2.99. The van der Waals surface area contributed by atoms with Gasteiger partial charge in [-0.1, -0.05) is 17.7 Å². The van der Waals surface area contributed by atoms with Crippen molar-refractivity contribution in [3.05, 3.63) is 35.1 Å². The Hall–Kier alpha value is -0.970. The fourth-order valence-electron chi connectivity index (χ4n) is 2.07. The highest BCUT2D eigenvalue weighted by atomic mass is 19.1. The summed E-state index contributed by atoms with van der Waals surface area (Å²) in [5.41, 5.74) is 1.72. The van der Waals surface area contributed by atoms with E-state index in [1.807, 2.05) is 20.0 Å². The van der Waals surface area contributed by atoms with E-state index in [1.54, 1.807) is 6.07 Å². The van der Waals surface area contributed by atoms with E-state index in [-0.39, 0.29) is 18.1 Å². The minimum absolute atomic E-state index is 0.0852. The normalized spacial score (nSPS) is 18.5. The molecule has 2 rings (SSSR count). The van der Waals surface area contributed by atoms with Crippen molar-refractivity contribution in [3.63, 3.8) is 0 Å². The van der Waals surface area contributed by atoms with Gasteiger partial charge in [0.1, 0.15) is 5.82 Å². The number of hydrogen-bond donors (Lipinski definition) is 1. The third kappa shape index (κ3) is 3.03. The molecule has 1 N–H and O–H groups in total. The monoisotopic (exact) mass is 239 g/mol. The van der Waals surface area contributed by atoms with Crippen molar-refractivity contribution in [2.45, 2.75) is 25.7 Å². The van der Waals surface area contributed by atoms with Gasteiger partial charge in [0.15, 0.2) is 6.29 Å². The van der Waals surface area contributed by atoms with Crippen LogP contribution in [0.5, 0.6) is 0 Å². The van der Waals surface area contributed by atoms with Crippen molar-refractivity contribution in [2.75, 3.05) is 20.3 Å². The number of benzene rings is 1. The summed E-state index contributed by atoms with van der Waals surface area (Å²) in [7, 11) is 1.82. The Labute approximate surface area is 101 Å². The summed E-state index contributed by atoms with van der Waals surface area (Å²) in [6.45, 7) is 3.20. The standard InChI is InChI=1S/C13H18FNO2/c1-9-3-4-11(14)10(7-9)12(15-2)8-13-16-5-6-17-13/h3-4,7,12-13,15H,5-6,8H2,1-2H3. The molecule has 0 spiro atoms. The van der Waals surface area contributed by atoms with E-state index >= 15 is 0 Å². The van der Waals surface area contributed by atoms with Gasteiger partial charge in [-0.05, 0) is 20.0 Å². The number of aryl methyl sites for hydroxylation is 1. The van der Waals surface area contributed by atoms with Crippen LogP contribution in [0, 0.1) is 12.7 Å². The van der Waals surface area contributed by atoms with Gasteiger partial charge in [0.2, 0.25) is 0 Å². The molecule has 1 atom stereocenters. The van der Waals surface area contributed by atoms with E-state index in [4.69, 9.17) is 9.47 Å². The van der Waals surface area contributed by atoms with Crippen LogP contribution in [-0.2, 0) is 9.47 Å². The van der Waals surface area contributed by atoms with Crippen molar-refractivity contribution < 1.29 is 13.9 Å². The maximum atomic E-state index is 13.8. The molecule has 3 nitrogen and oxygen atoms in total. The molecule has 0 saturated carbocycles. The zero-order chi connectivity index (χ0) is 12.3. The smallest absolute Gasteiger partial charge is 0.159 e. The molecule has 1 aromatic rings. The molecule has 0 aliphatic carbocycles. The van der Waals surface area contributed by atoms with Crippen LogP contribution in [0.4, 0.5) is 4.39 Å². The van der Waals surface area contributed by atoms with Crippen molar-refractivity contribution in [3.8, 4) is 0 Å². The second-order valence-electron chi connectivity index (χ2n) is 4.27. The van der Waals surface area contributed by atoms with Gasteiger partial charge >= 0.3 is 0 Å². The quantitative estimate of drug-likeness (QED) is 0.873. The van der Waals surface area contributed by atoms with Gasteiger partial charge in [-0.25, -0.2) is 4.39 Å². The molecule has 1 heterocycles. The number of nitrogens with one attached hydrogen (secondary N) is 1. The van der Waals surface area contributed by atoms with Crippen LogP contribution in [0.1, 0.15) is 23.6 Å². The summed E-state index contributed by atoms with van der Waals surface area (Å²) in [5.74, 6) is -0.187. The van der Waals surface area contributed by atoms with Gasteiger partial charge in [0, 0.05) is 18.0 Å². The number of halogens is 1. The molecule has 1 unspecified atom stereocenters. The summed E-state index contributed by atoms with van der Waals surface area (Å²) in [6, 6.07) is 5.06. The van der Waals surface area contributed by atoms with E-state index < -0.39 is 0 Å². The highest BCUT2D eigenvalue weighted by molar-refractivity contribution is 5.26. The lowest BCUT2D eigenvalue weighted by molar-refractivity contribution is -0.0527. The van der Waals surface area contributed by atoms with Crippen LogP contribution >= 0.6 is 0 Å². The first kappa shape index (κ1) is 12.5. The predicted octanol–water partition coefficient (Wildman–Crippen LogP) is 2.16. The molecule has 1 fully saturated rings. The minimum Gasteiger partial charge on any atom is -0.350 e. The van der Waals surface area contributed by atoms with E-state index in [0.717, 1.165) is 5.56 Å². The van der Waals surface area contributed by atoms with E-state index in [0.29, 0.717) is 25.2 Å². The van der Waals surface area contributed by atoms with Crippen LogP contribution in [-0.4, -0.2) is 26.6 Å². The van der Waals surface area contributed by atoms with Gasteiger partial charge in [0.25, 0.3) is 0 Å². The first-order chi connectivity index (χ1) is 8.20. The van der Waals surface area contributed by atoms with Crippen LogP contribution in [0.2, 0.25) is 0 Å². The van der Waals surface area contributed by atoms with Gasteiger partial charge < -0.3 is 14.8 Å². The summed E-state index contributed by atoms with van der Waals surface area (Å²) >= 11 is 0. The average Bonchev–Trinajstić information content (AvgIpc) is 2.82. The lowest BCUT2D eigenvalue weighted by Crippen LogP contribution is -2.24. The van der Waals surface area contributed by atoms with E-state index in [1.165, 1.54) is 6.07 Å². The third-order valence-corrected chi connectivity index (χ3v) is 2.99. The summed E-state index contributed by atoms with van der Waals surface area (Å²) in [4.78, 5) is 0. The highest BCUT2D eigenvalue weighted by Crippen LogP contribution is 2.25. The molecule has 0 aromatic heterocycles. The topological polar surface area (TPSA) is 30.5 Å². The molecule has 1 saturated heterocycles. The molecule has 94 valence electrons. The molecule has 17 heavy (non-hydrogen) atoms. The molecule has 4 heteroatoms. The Morgan fingerprint density at radius 2 is 2.12 bits per heavy atom. The van der Waals surface area contributed by atoms with E-state index in [2.05, 4.69) is 5.32 Å². The molecule has 1 aliphatic rings. The van der Waals surface area contributed by atoms with Crippen LogP contribution in [0.25, 0.3) is 0 Å². The fourth-order valence-corrected chi connectivity index (χ4v) is 2.07. The highest BCUT2D eigenvalue weighted by Gasteiger charge is 2.23. The average molecular weight is 239 g/mol. The Bertz CT molecular complexity index is 378. The zero-order valence-electron chi connectivity index (χ0n) is 10.2. The van der Waals surface area contributed by atoms with Gasteiger partial charge in [-0.3, -0.25) is 0 Å². The molecule has 0 amide bonds. The van der Waals surface area contributed by atoms with Crippen LogP contribution in [0.15, 0.2) is 18.2 Å². The SMILES string of the molecule is CNC(CC1OCCO1)c1cc(C)ccc1F. The maximum absolute atomic E-state index is 13.8. The Morgan fingerprint density at radius 3 is 2.76 bits per heavy atom. The Morgan fingerprint density at radius 1 is 1.41 bits per heavy atom. The molecule has 0 bridgehead atoms. The van der Waals surface area contributed by atoms with Crippen LogP contribution < -0.4 is 5.32 Å². The van der Waals surface area contributed by atoms with Crippen LogP contribution in [0.3, 0.4) is 0 Å². The fraction of sp³-hybridized carbons (Fsp3) is 0.538. The van der Waals surface area contributed by atoms with Crippen molar-refractivity contribution in [1.82, 2.24) is 5.32 Å². The number of ether oxygens (including phenoxy) is 2. The first-order valence-electron chi connectivity index (χ1n) is 5.87. The second kappa shape index (κ2) is 5.58. The van der Waals surface area contributed by atoms with Gasteiger partial charge in [0.05, 0.1) is 13.2 Å². The molecule has 0 radical (unpaired) electrons. The van der Waals surface area contributed by atoms with Crippen molar-refractivity contribution in [1.29, 1.82) is 0 Å². The van der Waals surface area contributed by atoms with Gasteiger partial charge in [-0.15, -0.1) is 0 Å². The van der Waals surface area contributed by atoms with Crippen molar-refractivity contribution >= 4 is 0 Å².